The Hall–Kier alpha value is -2.24. The second kappa shape index (κ2) is 8.41. The second-order valence-corrected chi connectivity index (χ2v) is 5.74. The van der Waals surface area contributed by atoms with Crippen LogP contribution in [0, 0.1) is 25.7 Å². The van der Waals surface area contributed by atoms with Crippen molar-refractivity contribution in [3.05, 3.63) is 64.7 Å². The quantitative estimate of drug-likeness (QED) is 0.820. The van der Waals surface area contributed by atoms with Gasteiger partial charge in [-0.15, -0.1) is 0 Å². The molecule has 0 aliphatic rings. The molecule has 2 aromatic carbocycles. The van der Waals surface area contributed by atoms with Gasteiger partial charge in [-0.1, -0.05) is 55.5 Å². The van der Waals surface area contributed by atoms with Gasteiger partial charge in [0.25, 0.3) is 0 Å². The third kappa shape index (κ3) is 4.87. The lowest BCUT2D eigenvalue weighted by molar-refractivity contribution is 0.166. The van der Waals surface area contributed by atoms with Crippen LogP contribution in [0.1, 0.15) is 48.1 Å². The van der Waals surface area contributed by atoms with E-state index in [0.29, 0.717) is 6.61 Å². The van der Waals surface area contributed by atoms with E-state index in [2.05, 4.69) is 18.8 Å². The molecule has 23 heavy (non-hydrogen) atoms. The molecule has 2 nitrogen and oxygen atoms in total. The van der Waals surface area contributed by atoms with E-state index in [1.807, 2.05) is 56.3 Å². The highest BCUT2D eigenvalue weighted by atomic mass is 16.5. The molecule has 120 valence electrons. The van der Waals surface area contributed by atoms with Crippen molar-refractivity contribution in [2.75, 3.05) is 6.61 Å². The molecule has 0 aromatic heterocycles. The van der Waals surface area contributed by atoms with Gasteiger partial charge in [0.05, 0.1) is 6.10 Å². The number of ether oxygens (including phenoxy) is 1. The van der Waals surface area contributed by atoms with Crippen LogP contribution in [0.4, 0.5) is 0 Å². The summed E-state index contributed by atoms with van der Waals surface area (Å²) >= 11 is 0. The van der Waals surface area contributed by atoms with Gasteiger partial charge in [-0.25, -0.2) is 0 Å². The van der Waals surface area contributed by atoms with Crippen molar-refractivity contribution >= 4 is 0 Å². The molecule has 0 saturated heterocycles. The predicted molar refractivity (Wildman–Crippen MR) is 94.6 cm³/mol. The number of rotatable bonds is 5. The first-order valence-corrected chi connectivity index (χ1v) is 8.07. The molecule has 0 spiro atoms. The Morgan fingerprint density at radius 3 is 2.48 bits per heavy atom. The lowest BCUT2D eigenvalue weighted by Gasteiger charge is -2.09. The summed E-state index contributed by atoms with van der Waals surface area (Å²) < 4.78 is 5.78. The molecule has 0 amide bonds. The summed E-state index contributed by atoms with van der Waals surface area (Å²) in [6, 6.07) is 13.9. The van der Waals surface area contributed by atoms with Gasteiger partial charge in [-0.2, -0.15) is 0 Å². The standard InChI is InChI=1S/C21H24O2/c1-4-8-20(22)19-13-6-11-18(15-19)12-7-14-23-21-16(2)9-5-10-17(21)3/h5-6,9-11,13,15,20,22H,4,8,14H2,1-3H3/t20-/m1/s1. The molecule has 2 rings (SSSR count). The molecular weight excluding hydrogens is 284 g/mol. The van der Waals surface area contributed by atoms with Gasteiger partial charge in [0.1, 0.15) is 12.4 Å². The number of para-hydroxylation sites is 1. The van der Waals surface area contributed by atoms with Crippen molar-refractivity contribution in [3.8, 4) is 17.6 Å². The molecule has 1 atom stereocenters. The highest BCUT2D eigenvalue weighted by molar-refractivity contribution is 5.41. The maximum absolute atomic E-state index is 10.1. The first-order chi connectivity index (χ1) is 11.1. The molecule has 0 saturated carbocycles. The van der Waals surface area contributed by atoms with Crippen molar-refractivity contribution in [2.45, 2.75) is 39.7 Å². The summed E-state index contributed by atoms with van der Waals surface area (Å²) in [6.07, 6.45) is 1.32. The van der Waals surface area contributed by atoms with E-state index in [9.17, 15) is 5.11 Å². The summed E-state index contributed by atoms with van der Waals surface area (Å²) in [6.45, 7) is 6.49. The SMILES string of the molecule is CCC[C@@H](O)c1cccc(C#CCOc2c(C)cccc2C)c1. The van der Waals surface area contributed by atoms with Crippen LogP contribution in [0.3, 0.4) is 0 Å². The van der Waals surface area contributed by atoms with Crippen molar-refractivity contribution in [1.82, 2.24) is 0 Å². The van der Waals surface area contributed by atoms with E-state index in [0.717, 1.165) is 40.8 Å². The van der Waals surface area contributed by atoms with Crippen molar-refractivity contribution in [2.24, 2.45) is 0 Å². The van der Waals surface area contributed by atoms with Crippen LogP contribution in [-0.2, 0) is 0 Å². The van der Waals surface area contributed by atoms with E-state index in [1.54, 1.807) is 0 Å². The van der Waals surface area contributed by atoms with E-state index < -0.39 is 6.10 Å². The van der Waals surface area contributed by atoms with Gasteiger partial charge in [-0.3, -0.25) is 0 Å². The Bertz CT molecular complexity index is 687. The molecule has 0 unspecified atom stereocenters. The maximum atomic E-state index is 10.1. The zero-order valence-electron chi connectivity index (χ0n) is 14.1. The highest BCUT2D eigenvalue weighted by Gasteiger charge is 2.06. The van der Waals surface area contributed by atoms with E-state index in [4.69, 9.17) is 4.74 Å². The number of hydrogen-bond donors (Lipinski definition) is 1. The fourth-order valence-electron chi connectivity index (χ4n) is 2.54. The molecule has 1 N–H and O–H groups in total. The monoisotopic (exact) mass is 308 g/mol. The molecule has 0 radical (unpaired) electrons. The minimum absolute atomic E-state index is 0.355. The molecular formula is C21H24O2. The van der Waals surface area contributed by atoms with Crippen molar-refractivity contribution in [3.63, 3.8) is 0 Å². The number of aliphatic hydroxyl groups excluding tert-OH is 1. The summed E-state index contributed by atoms with van der Waals surface area (Å²) in [5, 5.41) is 10.1. The van der Waals surface area contributed by atoms with Gasteiger partial charge in [0, 0.05) is 5.56 Å². The molecule has 0 bridgehead atoms. The Balaban J connectivity index is 2.01. The zero-order valence-corrected chi connectivity index (χ0v) is 14.1. The molecule has 2 aromatic rings. The lowest BCUT2D eigenvalue weighted by Crippen LogP contribution is -1.98. The van der Waals surface area contributed by atoms with Gasteiger partial charge >= 0.3 is 0 Å². The molecule has 2 heteroatoms. The largest absolute Gasteiger partial charge is 0.480 e. The average molecular weight is 308 g/mol. The minimum Gasteiger partial charge on any atom is -0.480 e. The van der Waals surface area contributed by atoms with Gasteiger partial charge < -0.3 is 9.84 Å². The van der Waals surface area contributed by atoms with Crippen molar-refractivity contribution in [1.29, 1.82) is 0 Å². The Morgan fingerprint density at radius 2 is 1.78 bits per heavy atom. The lowest BCUT2D eigenvalue weighted by atomic mass is 10.0. The van der Waals surface area contributed by atoms with Crippen LogP contribution in [0.2, 0.25) is 0 Å². The number of aliphatic hydroxyl groups is 1. The third-order valence-corrected chi connectivity index (χ3v) is 3.76. The first kappa shape index (κ1) is 17.1. The smallest absolute Gasteiger partial charge is 0.149 e. The van der Waals surface area contributed by atoms with Gasteiger partial charge in [0.15, 0.2) is 0 Å². The van der Waals surface area contributed by atoms with Crippen LogP contribution in [0.15, 0.2) is 42.5 Å². The Morgan fingerprint density at radius 1 is 1.09 bits per heavy atom. The predicted octanol–water partition coefficient (Wildman–Crippen LogP) is 4.57. The molecule has 0 aliphatic carbocycles. The van der Waals surface area contributed by atoms with Crippen LogP contribution >= 0.6 is 0 Å². The number of aryl methyl sites for hydroxylation is 2. The topological polar surface area (TPSA) is 29.5 Å². The Labute approximate surface area is 139 Å². The highest BCUT2D eigenvalue weighted by Crippen LogP contribution is 2.22. The summed E-state index contributed by atoms with van der Waals surface area (Å²) in [7, 11) is 0. The number of benzene rings is 2. The van der Waals surface area contributed by atoms with E-state index >= 15 is 0 Å². The Kier molecular flexibility index (Phi) is 6.26. The molecule has 0 aliphatic heterocycles. The van der Waals surface area contributed by atoms with Crippen molar-refractivity contribution < 1.29 is 9.84 Å². The minimum atomic E-state index is -0.410. The fourth-order valence-corrected chi connectivity index (χ4v) is 2.54. The number of hydrogen-bond acceptors (Lipinski definition) is 2. The van der Waals surface area contributed by atoms with Crippen LogP contribution in [0.5, 0.6) is 5.75 Å². The fraction of sp³-hybridized carbons (Fsp3) is 0.333. The normalized spacial score (nSPS) is 11.5. The molecule has 0 fully saturated rings. The maximum Gasteiger partial charge on any atom is 0.149 e. The third-order valence-electron chi connectivity index (χ3n) is 3.76. The van der Waals surface area contributed by atoms with Gasteiger partial charge in [-0.05, 0) is 49.1 Å². The zero-order chi connectivity index (χ0) is 16.7. The second-order valence-electron chi connectivity index (χ2n) is 5.74. The van der Waals surface area contributed by atoms with Gasteiger partial charge in [0.2, 0.25) is 0 Å². The van der Waals surface area contributed by atoms with Crippen LogP contribution in [0.25, 0.3) is 0 Å². The molecule has 0 heterocycles. The first-order valence-electron chi connectivity index (χ1n) is 8.07. The summed E-state index contributed by atoms with van der Waals surface area (Å²) in [5.41, 5.74) is 4.07. The van der Waals surface area contributed by atoms with Crippen LogP contribution in [-0.4, -0.2) is 11.7 Å². The van der Waals surface area contributed by atoms with E-state index in [-0.39, 0.29) is 0 Å². The van der Waals surface area contributed by atoms with Crippen LogP contribution < -0.4 is 4.74 Å². The van der Waals surface area contributed by atoms with E-state index in [1.165, 1.54) is 0 Å². The summed E-state index contributed by atoms with van der Waals surface area (Å²) in [4.78, 5) is 0. The average Bonchev–Trinajstić information content (AvgIpc) is 2.54. The summed E-state index contributed by atoms with van der Waals surface area (Å²) in [5.74, 6) is 7.07.